The Hall–Kier alpha value is -1.92. The third kappa shape index (κ3) is 4.82. The number of rotatable bonds is 7. The van der Waals surface area contributed by atoms with Crippen molar-refractivity contribution in [3.63, 3.8) is 0 Å². The van der Waals surface area contributed by atoms with Crippen LogP contribution in [0.2, 0.25) is 0 Å². The zero-order chi connectivity index (χ0) is 15.8. The van der Waals surface area contributed by atoms with Gasteiger partial charge in [-0.1, -0.05) is 31.2 Å². The molecule has 0 aliphatic rings. The molecule has 0 bridgehead atoms. The topological polar surface area (TPSA) is 74.2 Å². The van der Waals surface area contributed by atoms with Crippen LogP contribution in [0.15, 0.2) is 30.5 Å². The number of urea groups is 1. The summed E-state index contributed by atoms with van der Waals surface area (Å²) in [6.07, 6.45) is 3.63. The number of aliphatic hydroxyl groups is 1. The van der Waals surface area contributed by atoms with E-state index < -0.39 is 0 Å². The van der Waals surface area contributed by atoms with Crippen LogP contribution in [0.3, 0.4) is 0 Å². The van der Waals surface area contributed by atoms with Crippen molar-refractivity contribution in [2.75, 3.05) is 6.54 Å². The highest BCUT2D eigenvalue weighted by Crippen LogP contribution is 2.13. The standard InChI is InChI=1S/C16H21N3O2S/c1-2-14-10-18-15(22-14)7-8-17-16(21)19-9-12-5-3-4-6-13(12)11-20/h3-6,10,20H,2,7-9,11H2,1H3,(H2,17,19,21). The summed E-state index contributed by atoms with van der Waals surface area (Å²) >= 11 is 1.69. The van der Waals surface area contributed by atoms with Crippen molar-refractivity contribution in [1.29, 1.82) is 0 Å². The van der Waals surface area contributed by atoms with E-state index in [1.165, 1.54) is 4.88 Å². The van der Waals surface area contributed by atoms with Crippen molar-refractivity contribution in [3.05, 3.63) is 51.5 Å². The van der Waals surface area contributed by atoms with Gasteiger partial charge in [0.1, 0.15) is 0 Å². The highest BCUT2D eigenvalue weighted by molar-refractivity contribution is 7.11. The number of benzene rings is 1. The van der Waals surface area contributed by atoms with Crippen LogP contribution in [0.25, 0.3) is 0 Å². The monoisotopic (exact) mass is 319 g/mol. The second-order valence-corrected chi connectivity index (χ2v) is 6.06. The second-order valence-electron chi connectivity index (χ2n) is 4.86. The molecule has 0 radical (unpaired) electrons. The molecule has 0 spiro atoms. The van der Waals surface area contributed by atoms with E-state index in [4.69, 9.17) is 0 Å². The number of thiazole rings is 1. The van der Waals surface area contributed by atoms with Crippen molar-refractivity contribution in [1.82, 2.24) is 15.6 Å². The molecule has 0 saturated heterocycles. The predicted molar refractivity (Wildman–Crippen MR) is 87.8 cm³/mol. The Bertz CT molecular complexity index is 613. The van der Waals surface area contributed by atoms with Crippen LogP contribution in [0.4, 0.5) is 4.79 Å². The molecule has 22 heavy (non-hydrogen) atoms. The zero-order valence-corrected chi connectivity index (χ0v) is 13.4. The largest absolute Gasteiger partial charge is 0.392 e. The maximum atomic E-state index is 11.8. The molecule has 1 heterocycles. The number of carbonyl (C=O) groups is 1. The first-order chi connectivity index (χ1) is 10.7. The minimum absolute atomic E-state index is 0.0245. The number of aromatic nitrogens is 1. The van der Waals surface area contributed by atoms with Crippen molar-refractivity contribution in [2.45, 2.75) is 32.9 Å². The van der Waals surface area contributed by atoms with Crippen molar-refractivity contribution < 1.29 is 9.90 Å². The average molecular weight is 319 g/mol. The van der Waals surface area contributed by atoms with Gasteiger partial charge in [-0.2, -0.15) is 0 Å². The van der Waals surface area contributed by atoms with Crippen molar-refractivity contribution >= 4 is 17.4 Å². The molecular formula is C16H21N3O2S. The van der Waals surface area contributed by atoms with Crippen LogP contribution in [-0.4, -0.2) is 22.7 Å². The first kappa shape index (κ1) is 16.5. The number of nitrogens with zero attached hydrogens (tertiary/aromatic N) is 1. The number of amides is 2. The van der Waals surface area contributed by atoms with E-state index in [2.05, 4.69) is 22.5 Å². The fourth-order valence-corrected chi connectivity index (χ4v) is 2.89. The van der Waals surface area contributed by atoms with Gasteiger partial charge in [-0.3, -0.25) is 0 Å². The predicted octanol–water partition coefficient (Wildman–Crippen LogP) is 2.24. The number of carbonyl (C=O) groups excluding carboxylic acids is 1. The van der Waals surface area contributed by atoms with Gasteiger partial charge in [0.2, 0.25) is 0 Å². The Morgan fingerprint density at radius 1 is 1.27 bits per heavy atom. The minimum atomic E-state index is -0.208. The van der Waals surface area contributed by atoms with Gasteiger partial charge in [0.05, 0.1) is 11.6 Å². The van der Waals surface area contributed by atoms with Crippen LogP contribution in [0, 0.1) is 0 Å². The molecule has 0 aliphatic heterocycles. The normalized spacial score (nSPS) is 10.5. The molecule has 2 amide bonds. The summed E-state index contributed by atoms with van der Waals surface area (Å²) in [5.41, 5.74) is 1.75. The van der Waals surface area contributed by atoms with Crippen molar-refractivity contribution in [3.8, 4) is 0 Å². The first-order valence-corrected chi connectivity index (χ1v) is 8.17. The molecule has 118 valence electrons. The summed E-state index contributed by atoms with van der Waals surface area (Å²) in [6, 6.07) is 7.30. The van der Waals surface area contributed by atoms with Crippen molar-refractivity contribution in [2.24, 2.45) is 0 Å². The van der Waals surface area contributed by atoms with Crippen LogP contribution >= 0.6 is 11.3 Å². The molecule has 2 aromatic rings. The third-order valence-electron chi connectivity index (χ3n) is 3.30. The molecular weight excluding hydrogens is 298 g/mol. The maximum absolute atomic E-state index is 11.8. The van der Waals surface area contributed by atoms with E-state index in [0.717, 1.165) is 29.0 Å². The van der Waals surface area contributed by atoms with Gasteiger partial charge < -0.3 is 15.7 Å². The summed E-state index contributed by atoms with van der Waals surface area (Å²) in [5, 5.41) is 15.9. The number of aliphatic hydroxyl groups excluding tert-OH is 1. The molecule has 0 saturated carbocycles. The van der Waals surface area contributed by atoms with Gasteiger partial charge in [0, 0.05) is 30.6 Å². The Morgan fingerprint density at radius 3 is 2.73 bits per heavy atom. The second kappa shape index (κ2) is 8.51. The summed E-state index contributed by atoms with van der Waals surface area (Å²) in [5.74, 6) is 0. The molecule has 6 heteroatoms. The van der Waals surface area contributed by atoms with Crippen LogP contribution in [-0.2, 0) is 26.0 Å². The van der Waals surface area contributed by atoms with E-state index >= 15 is 0 Å². The Labute approximate surface area is 134 Å². The number of nitrogens with one attached hydrogen (secondary N) is 2. The molecule has 5 nitrogen and oxygen atoms in total. The summed E-state index contributed by atoms with van der Waals surface area (Å²) in [6.45, 7) is 3.04. The van der Waals surface area contributed by atoms with E-state index in [1.54, 1.807) is 11.3 Å². The van der Waals surface area contributed by atoms with Crippen LogP contribution in [0.5, 0.6) is 0 Å². The molecule has 0 unspecified atom stereocenters. The number of hydrogen-bond acceptors (Lipinski definition) is 4. The van der Waals surface area contributed by atoms with Gasteiger partial charge in [0.25, 0.3) is 0 Å². The summed E-state index contributed by atoms with van der Waals surface area (Å²) in [7, 11) is 0. The third-order valence-corrected chi connectivity index (χ3v) is 4.50. The fraction of sp³-hybridized carbons (Fsp3) is 0.375. The van der Waals surface area contributed by atoms with Gasteiger partial charge in [-0.15, -0.1) is 11.3 Å². The number of hydrogen-bond donors (Lipinski definition) is 3. The molecule has 1 aromatic carbocycles. The van der Waals surface area contributed by atoms with Gasteiger partial charge in [-0.05, 0) is 17.5 Å². The average Bonchev–Trinajstić information content (AvgIpc) is 3.01. The minimum Gasteiger partial charge on any atom is -0.392 e. The number of aryl methyl sites for hydroxylation is 1. The van der Waals surface area contributed by atoms with Crippen LogP contribution < -0.4 is 10.6 Å². The SMILES string of the molecule is CCc1cnc(CCNC(=O)NCc2ccccc2CO)s1. The Morgan fingerprint density at radius 2 is 2.05 bits per heavy atom. The van der Waals surface area contributed by atoms with E-state index in [0.29, 0.717) is 13.1 Å². The fourth-order valence-electron chi connectivity index (χ4n) is 2.03. The van der Waals surface area contributed by atoms with Gasteiger partial charge >= 0.3 is 6.03 Å². The lowest BCUT2D eigenvalue weighted by Crippen LogP contribution is -2.36. The van der Waals surface area contributed by atoms with Gasteiger partial charge in [0.15, 0.2) is 0 Å². The quantitative estimate of drug-likeness (QED) is 0.733. The molecule has 3 N–H and O–H groups in total. The smallest absolute Gasteiger partial charge is 0.315 e. The summed E-state index contributed by atoms with van der Waals surface area (Å²) < 4.78 is 0. The lowest BCUT2D eigenvalue weighted by molar-refractivity contribution is 0.240. The van der Waals surface area contributed by atoms with E-state index in [1.807, 2.05) is 30.5 Å². The van der Waals surface area contributed by atoms with E-state index in [9.17, 15) is 9.90 Å². The highest BCUT2D eigenvalue weighted by atomic mass is 32.1. The zero-order valence-electron chi connectivity index (χ0n) is 12.6. The molecule has 0 atom stereocenters. The highest BCUT2D eigenvalue weighted by Gasteiger charge is 2.05. The molecule has 1 aromatic heterocycles. The Kier molecular flexibility index (Phi) is 6.36. The molecule has 0 aliphatic carbocycles. The summed E-state index contributed by atoms with van der Waals surface area (Å²) in [4.78, 5) is 17.3. The van der Waals surface area contributed by atoms with E-state index in [-0.39, 0.29) is 12.6 Å². The Balaban J connectivity index is 1.71. The molecule has 2 rings (SSSR count). The lowest BCUT2D eigenvalue weighted by Gasteiger charge is -2.09. The van der Waals surface area contributed by atoms with Crippen LogP contribution in [0.1, 0.15) is 27.9 Å². The lowest BCUT2D eigenvalue weighted by atomic mass is 10.1. The maximum Gasteiger partial charge on any atom is 0.315 e. The molecule has 0 fully saturated rings. The van der Waals surface area contributed by atoms with Gasteiger partial charge in [-0.25, -0.2) is 9.78 Å². The first-order valence-electron chi connectivity index (χ1n) is 7.35.